The molecule has 0 saturated heterocycles. The summed E-state index contributed by atoms with van der Waals surface area (Å²) in [7, 11) is 0. The molecule has 4 aliphatic carbocycles. The number of ketones is 2. The van der Waals surface area contributed by atoms with E-state index in [1.807, 2.05) is 6.08 Å². The molecule has 0 heterocycles. The van der Waals surface area contributed by atoms with Crippen molar-refractivity contribution in [3.05, 3.63) is 23.8 Å². The maximum Gasteiger partial charge on any atom is 0.307 e. The van der Waals surface area contributed by atoms with Gasteiger partial charge < -0.3 is 4.74 Å². The van der Waals surface area contributed by atoms with E-state index in [2.05, 4.69) is 19.9 Å². The molecule has 7 atom stereocenters. The predicted molar refractivity (Wildman–Crippen MR) is 111 cm³/mol. The first-order chi connectivity index (χ1) is 13.7. The number of esters is 1. The lowest BCUT2D eigenvalue weighted by atomic mass is 9.47. The third-order valence-corrected chi connectivity index (χ3v) is 8.95. The van der Waals surface area contributed by atoms with Crippen molar-refractivity contribution in [3.8, 4) is 0 Å². The van der Waals surface area contributed by atoms with Crippen molar-refractivity contribution < 1.29 is 19.1 Å². The SMILES string of the molecule is CCC(=O)OC(Cl)C(=O)[C@H]1CC[C@H]2[C@@H]3CCC4=CC(=O)C=C[C@]4(C)[C@H]3CC[C@]12C. The zero-order valence-electron chi connectivity index (χ0n) is 17.6. The van der Waals surface area contributed by atoms with Gasteiger partial charge in [0.05, 0.1) is 0 Å². The van der Waals surface area contributed by atoms with Crippen LogP contribution in [0.15, 0.2) is 23.8 Å². The van der Waals surface area contributed by atoms with Crippen LogP contribution in [0, 0.1) is 34.5 Å². The van der Waals surface area contributed by atoms with Crippen molar-refractivity contribution in [3.63, 3.8) is 0 Å². The Labute approximate surface area is 178 Å². The first-order valence-corrected chi connectivity index (χ1v) is 11.5. The molecule has 4 nitrogen and oxygen atoms in total. The van der Waals surface area contributed by atoms with E-state index in [9.17, 15) is 14.4 Å². The van der Waals surface area contributed by atoms with Gasteiger partial charge in [0, 0.05) is 17.8 Å². The summed E-state index contributed by atoms with van der Waals surface area (Å²) < 4.78 is 5.13. The molecule has 0 spiro atoms. The van der Waals surface area contributed by atoms with Crippen LogP contribution in [0.25, 0.3) is 0 Å². The first kappa shape index (κ1) is 20.8. The molecule has 0 N–H and O–H groups in total. The van der Waals surface area contributed by atoms with Crippen molar-refractivity contribution in [2.24, 2.45) is 34.5 Å². The number of halogens is 1. The van der Waals surface area contributed by atoms with Gasteiger partial charge in [-0.25, -0.2) is 0 Å². The van der Waals surface area contributed by atoms with Crippen LogP contribution in [0.2, 0.25) is 0 Å². The number of alkyl halides is 1. The topological polar surface area (TPSA) is 60.4 Å². The molecule has 4 aliphatic rings. The fraction of sp³-hybridized carbons (Fsp3) is 0.708. The number of fused-ring (bicyclic) bond motifs is 5. The lowest BCUT2D eigenvalue weighted by Crippen LogP contribution is -2.50. The number of hydrogen-bond acceptors (Lipinski definition) is 4. The number of carbonyl (C=O) groups excluding carboxylic acids is 3. The fourth-order valence-corrected chi connectivity index (χ4v) is 7.33. The number of ether oxygens (including phenoxy) is 1. The molecule has 0 aliphatic heterocycles. The van der Waals surface area contributed by atoms with Gasteiger partial charge in [-0.1, -0.05) is 44.0 Å². The average molecular weight is 419 g/mol. The summed E-state index contributed by atoms with van der Waals surface area (Å²) in [5.74, 6) is 0.960. The van der Waals surface area contributed by atoms with Crippen molar-refractivity contribution in [1.29, 1.82) is 0 Å². The van der Waals surface area contributed by atoms with Gasteiger partial charge in [0.25, 0.3) is 0 Å². The van der Waals surface area contributed by atoms with E-state index >= 15 is 0 Å². The van der Waals surface area contributed by atoms with Crippen molar-refractivity contribution >= 4 is 29.1 Å². The molecule has 0 aromatic rings. The summed E-state index contributed by atoms with van der Waals surface area (Å²) in [6, 6.07) is 0. The zero-order valence-corrected chi connectivity index (χ0v) is 18.3. The van der Waals surface area contributed by atoms with E-state index in [1.165, 1.54) is 5.57 Å². The van der Waals surface area contributed by atoms with E-state index < -0.39 is 11.5 Å². The summed E-state index contributed by atoms with van der Waals surface area (Å²) >= 11 is 6.20. The molecular formula is C24H31ClO4. The van der Waals surface area contributed by atoms with E-state index in [-0.39, 0.29) is 34.7 Å². The van der Waals surface area contributed by atoms with E-state index in [0.717, 1.165) is 38.5 Å². The molecule has 0 amide bonds. The summed E-state index contributed by atoms with van der Waals surface area (Å²) in [4.78, 5) is 36.6. The highest BCUT2D eigenvalue weighted by atomic mass is 35.5. The van der Waals surface area contributed by atoms with E-state index in [4.69, 9.17) is 16.3 Å². The summed E-state index contributed by atoms with van der Waals surface area (Å²) in [6.07, 6.45) is 11.9. The Bertz CT molecular complexity index is 799. The van der Waals surface area contributed by atoms with Crippen molar-refractivity contribution in [1.82, 2.24) is 0 Å². The van der Waals surface area contributed by atoms with Gasteiger partial charge in [0.15, 0.2) is 11.6 Å². The summed E-state index contributed by atoms with van der Waals surface area (Å²) in [5.41, 5.74) is -0.0129. The highest BCUT2D eigenvalue weighted by Gasteiger charge is 2.60. The molecule has 0 radical (unpaired) electrons. The van der Waals surface area contributed by atoms with E-state index in [1.54, 1.807) is 13.0 Å². The largest absolute Gasteiger partial charge is 0.438 e. The lowest BCUT2D eigenvalue weighted by molar-refractivity contribution is -0.153. The molecule has 5 heteroatoms. The van der Waals surface area contributed by atoms with Crippen LogP contribution in [0.5, 0.6) is 0 Å². The van der Waals surface area contributed by atoms with Gasteiger partial charge >= 0.3 is 5.97 Å². The molecule has 3 saturated carbocycles. The Morgan fingerprint density at radius 2 is 1.97 bits per heavy atom. The zero-order chi connectivity index (χ0) is 21.0. The van der Waals surface area contributed by atoms with E-state index in [0.29, 0.717) is 17.8 Å². The number of allylic oxidation sites excluding steroid dienone is 4. The lowest BCUT2D eigenvalue weighted by Gasteiger charge is -2.57. The molecular weight excluding hydrogens is 388 g/mol. The maximum atomic E-state index is 13.1. The Balaban J connectivity index is 1.55. The Hall–Kier alpha value is -1.42. The van der Waals surface area contributed by atoms with Gasteiger partial charge in [-0.2, -0.15) is 0 Å². The molecule has 3 fully saturated rings. The van der Waals surface area contributed by atoms with Gasteiger partial charge in [-0.15, -0.1) is 0 Å². The first-order valence-electron chi connectivity index (χ1n) is 11.0. The molecule has 0 aromatic heterocycles. The summed E-state index contributed by atoms with van der Waals surface area (Å²) in [5, 5.41) is 0. The fourth-order valence-electron chi connectivity index (χ4n) is 7.08. The molecule has 1 unspecified atom stereocenters. The minimum Gasteiger partial charge on any atom is -0.438 e. The number of hydrogen-bond donors (Lipinski definition) is 0. The Morgan fingerprint density at radius 3 is 2.69 bits per heavy atom. The van der Waals surface area contributed by atoms with Crippen molar-refractivity contribution in [2.75, 3.05) is 0 Å². The second kappa shape index (κ2) is 7.37. The van der Waals surface area contributed by atoms with Crippen LogP contribution < -0.4 is 0 Å². The monoisotopic (exact) mass is 418 g/mol. The van der Waals surface area contributed by atoms with Gasteiger partial charge in [0.2, 0.25) is 5.56 Å². The minimum atomic E-state index is -1.17. The van der Waals surface area contributed by atoms with Crippen LogP contribution in [0.3, 0.4) is 0 Å². The number of Topliss-reactive ketones (excluding diaryl/α,β-unsaturated/α-hetero) is 1. The number of rotatable bonds is 4. The van der Waals surface area contributed by atoms with Crippen LogP contribution in [0.1, 0.15) is 65.7 Å². The highest BCUT2D eigenvalue weighted by Crippen LogP contribution is 2.66. The second-order valence-electron chi connectivity index (χ2n) is 9.84. The van der Waals surface area contributed by atoms with Crippen LogP contribution in [0.4, 0.5) is 0 Å². The smallest absolute Gasteiger partial charge is 0.307 e. The van der Waals surface area contributed by atoms with Gasteiger partial charge in [-0.05, 0) is 73.8 Å². The molecule has 4 rings (SSSR count). The Kier molecular flexibility index (Phi) is 5.30. The minimum absolute atomic E-state index is 0.0358. The molecule has 29 heavy (non-hydrogen) atoms. The molecule has 0 aromatic carbocycles. The van der Waals surface area contributed by atoms with Crippen LogP contribution in [-0.4, -0.2) is 23.1 Å². The van der Waals surface area contributed by atoms with Crippen LogP contribution >= 0.6 is 11.6 Å². The third kappa shape index (κ3) is 3.22. The van der Waals surface area contributed by atoms with Gasteiger partial charge in [-0.3, -0.25) is 14.4 Å². The molecule has 158 valence electrons. The standard InChI is InChI=1S/C24H31ClO4/c1-4-20(27)29-22(25)21(28)19-8-7-17-16-6-5-14-13-15(26)9-11-23(14,2)18(16)10-12-24(17,19)3/h9,11,13,16-19,22H,4-8,10,12H2,1-3H3/t16-,17-,18-,19+,22?,23-,24-/m0/s1. The highest BCUT2D eigenvalue weighted by molar-refractivity contribution is 6.30. The maximum absolute atomic E-state index is 13.1. The Morgan fingerprint density at radius 1 is 1.21 bits per heavy atom. The molecule has 0 bridgehead atoms. The quantitative estimate of drug-likeness (QED) is 0.476. The summed E-state index contributed by atoms with van der Waals surface area (Å²) in [6.45, 7) is 6.24. The predicted octanol–water partition coefficient (Wildman–Crippen LogP) is 5.00. The normalized spacial score (nSPS) is 41.7. The third-order valence-electron chi connectivity index (χ3n) is 8.65. The van der Waals surface area contributed by atoms with Crippen molar-refractivity contribution in [2.45, 2.75) is 71.3 Å². The van der Waals surface area contributed by atoms with Crippen LogP contribution in [-0.2, 0) is 19.1 Å². The van der Waals surface area contributed by atoms with Gasteiger partial charge in [0.1, 0.15) is 0 Å². The second-order valence-corrected chi connectivity index (χ2v) is 10.2. The average Bonchev–Trinajstić information content (AvgIpc) is 3.04. The number of carbonyl (C=O) groups is 3.